The van der Waals surface area contributed by atoms with E-state index in [1.165, 1.54) is 27.8 Å². The van der Waals surface area contributed by atoms with Gasteiger partial charge in [0.15, 0.2) is 0 Å². The molecule has 1 heterocycles. The number of hydrogen-bond acceptors (Lipinski definition) is 5. The second-order valence-corrected chi connectivity index (χ2v) is 12.9. The molecule has 10 heteroatoms. The average Bonchev–Trinajstić information content (AvgIpc) is 3.00. The zero-order valence-corrected chi connectivity index (χ0v) is 27.7. The molecular formula is C33H47F5O3S2. The Bertz CT molecular complexity index is 1070. The number of rotatable bonds is 17. The normalized spacial score (nSPS) is 18.4. The fourth-order valence-corrected chi connectivity index (χ4v) is 7.53. The van der Waals surface area contributed by atoms with Gasteiger partial charge in [0.2, 0.25) is 0 Å². The van der Waals surface area contributed by atoms with Crippen LogP contribution in [0.3, 0.4) is 0 Å². The van der Waals surface area contributed by atoms with Crippen LogP contribution in [0, 0.1) is 0 Å². The Labute approximate surface area is 263 Å². The lowest BCUT2D eigenvalue weighted by Crippen LogP contribution is -2.36. The summed E-state index contributed by atoms with van der Waals surface area (Å²) >= 11 is 3.30. The van der Waals surface area contributed by atoms with Gasteiger partial charge >= 0.3 is 12.1 Å². The van der Waals surface area contributed by atoms with E-state index in [2.05, 4.69) is 31.2 Å². The molecule has 43 heavy (non-hydrogen) atoms. The van der Waals surface area contributed by atoms with Crippen LogP contribution in [0.15, 0.2) is 47.4 Å². The highest BCUT2D eigenvalue weighted by molar-refractivity contribution is 7.99. The third-order valence-corrected chi connectivity index (χ3v) is 10.3. The quantitative estimate of drug-likeness (QED) is 0.125. The van der Waals surface area contributed by atoms with Gasteiger partial charge in [-0.1, -0.05) is 45.4 Å². The molecule has 3 nitrogen and oxygen atoms in total. The number of ether oxygens (including phenoxy) is 3. The summed E-state index contributed by atoms with van der Waals surface area (Å²) < 4.78 is 79.2. The molecule has 0 N–H and O–H groups in total. The van der Waals surface area contributed by atoms with Crippen molar-refractivity contribution in [3.8, 4) is 11.5 Å². The summed E-state index contributed by atoms with van der Waals surface area (Å²) in [5, 5.41) is 0. The molecule has 244 valence electrons. The number of methoxy groups -OCH3 is 2. The third-order valence-electron chi connectivity index (χ3n) is 7.70. The first kappa shape index (κ1) is 37.5. The van der Waals surface area contributed by atoms with Gasteiger partial charge in [-0.2, -0.15) is 33.7 Å². The summed E-state index contributed by atoms with van der Waals surface area (Å²) in [5.41, 5.74) is 2.60. The topological polar surface area (TPSA) is 27.7 Å². The van der Waals surface area contributed by atoms with Crippen LogP contribution in [0.2, 0.25) is 0 Å². The fraction of sp³-hybridized carbons (Fsp3) is 0.636. The maximum atomic E-state index is 12.9. The summed E-state index contributed by atoms with van der Waals surface area (Å²) in [7, 11) is 3.37. The smallest absolute Gasteiger partial charge is 0.453 e. The Kier molecular flexibility index (Phi) is 16.0. The van der Waals surface area contributed by atoms with Crippen LogP contribution in [0.5, 0.6) is 11.5 Å². The zero-order valence-electron chi connectivity index (χ0n) is 26.0. The van der Waals surface area contributed by atoms with Crippen molar-refractivity contribution in [3.63, 3.8) is 0 Å². The van der Waals surface area contributed by atoms with Crippen molar-refractivity contribution in [3.05, 3.63) is 53.6 Å². The van der Waals surface area contributed by atoms with Crippen LogP contribution in [0.25, 0.3) is 0 Å². The van der Waals surface area contributed by atoms with E-state index in [9.17, 15) is 22.0 Å². The molecule has 0 bridgehead atoms. The number of hydrogen-bond donors (Lipinski definition) is 0. The summed E-state index contributed by atoms with van der Waals surface area (Å²) in [6.07, 6.45) is -2.08. The molecule has 0 fully saturated rings. The largest absolute Gasteiger partial charge is 0.497 e. The molecule has 0 aromatic heterocycles. The summed E-state index contributed by atoms with van der Waals surface area (Å²) in [5.74, 6) is -0.513. The number of benzene rings is 2. The van der Waals surface area contributed by atoms with E-state index < -0.39 is 18.5 Å². The lowest BCUT2D eigenvalue weighted by atomic mass is 9.68. The maximum Gasteiger partial charge on any atom is 0.453 e. The van der Waals surface area contributed by atoms with Gasteiger partial charge in [-0.3, -0.25) is 0 Å². The second kappa shape index (κ2) is 18.4. The van der Waals surface area contributed by atoms with Crippen LogP contribution >= 0.6 is 23.5 Å². The number of thioether (sulfide) groups is 2. The highest BCUT2D eigenvalue weighted by Gasteiger charge is 2.56. The van der Waals surface area contributed by atoms with Gasteiger partial charge in [-0.15, -0.1) is 11.8 Å². The fourth-order valence-electron chi connectivity index (χ4n) is 5.17. The maximum absolute atomic E-state index is 12.9. The molecular weight excluding hydrogens is 603 g/mol. The minimum Gasteiger partial charge on any atom is -0.497 e. The number of fused-ring (bicyclic) bond motifs is 1. The predicted octanol–water partition coefficient (Wildman–Crippen LogP) is 10.6. The van der Waals surface area contributed by atoms with E-state index >= 15 is 0 Å². The highest BCUT2D eigenvalue weighted by atomic mass is 32.2. The zero-order chi connectivity index (χ0) is 31.9. The molecule has 2 aromatic rings. The van der Waals surface area contributed by atoms with Crippen LogP contribution in [-0.2, 0) is 10.2 Å². The third kappa shape index (κ3) is 11.0. The molecule has 0 saturated carbocycles. The van der Waals surface area contributed by atoms with E-state index in [1.807, 2.05) is 43.8 Å². The van der Waals surface area contributed by atoms with Crippen molar-refractivity contribution >= 4 is 23.5 Å². The number of unbranched alkanes of at least 4 members (excludes halogenated alkanes) is 2. The van der Waals surface area contributed by atoms with Gasteiger partial charge in [0.25, 0.3) is 0 Å². The van der Waals surface area contributed by atoms with E-state index in [0.29, 0.717) is 24.9 Å². The first-order valence-corrected chi connectivity index (χ1v) is 17.2. The molecule has 2 aromatic carbocycles. The molecule has 0 radical (unpaired) electrons. The molecule has 0 saturated heterocycles. The van der Waals surface area contributed by atoms with E-state index in [0.717, 1.165) is 55.1 Å². The first-order valence-electron chi connectivity index (χ1n) is 15.1. The SMILES string of the molecule is CC.COc1ccc([C@@]2(C)CSc3cc(OC)ccc3C2CCCOCCCCCSCCCC(F)(F)C(F)(F)F)cc1. The van der Waals surface area contributed by atoms with Crippen molar-refractivity contribution in [1.82, 2.24) is 0 Å². The van der Waals surface area contributed by atoms with Gasteiger partial charge < -0.3 is 14.2 Å². The summed E-state index contributed by atoms with van der Waals surface area (Å²) in [6.45, 7) is 7.68. The van der Waals surface area contributed by atoms with Crippen molar-refractivity contribution in [2.24, 2.45) is 0 Å². The van der Waals surface area contributed by atoms with E-state index in [4.69, 9.17) is 14.2 Å². The highest BCUT2D eigenvalue weighted by Crippen LogP contribution is 2.52. The van der Waals surface area contributed by atoms with Gasteiger partial charge in [-0.05, 0) is 84.9 Å². The molecule has 3 rings (SSSR count). The Morgan fingerprint density at radius 1 is 0.837 bits per heavy atom. The van der Waals surface area contributed by atoms with Crippen molar-refractivity contribution in [1.29, 1.82) is 0 Å². The predicted molar refractivity (Wildman–Crippen MR) is 170 cm³/mol. The van der Waals surface area contributed by atoms with Gasteiger partial charge in [0.05, 0.1) is 14.2 Å². The lowest BCUT2D eigenvalue weighted by molar-refractivity contribution is -0.284. The molecule has 1 unspecified atom stereocenters. The second-order valence-electron chi connectivity index (χ2n) is 10.6. The minimum absolute atomic E-state index is 0.0428. The monoisotopic (exact) mass is 650 g/mol. The summed E-state index contributed by atoms with van der Waals surface area (Å²) in [6, 6.07) is 14.8. The van der Waals surface area contributed by atoms with Crippen molar-refractivity contribution < 1.29 is 36.2 Å². The van der Waals surface area contributed by atoms with Crippen molar-refractivity contribution in [2.75, 3.05) is 44.7 Å². The van der Waals surface area contributed by atoms with Crippen LogP contribution in [0.1, 0.15) is 82.8 Å². The van der Waals surface area contributed by atoms with Crippen molar-refractivity contribution in [2.45, 2.75) is 94.0 Å². The number of alkyl halides is 5. The first-order chi connectivity index (χ1) is 20.5. The Hall–Kier alpha value is -1.65. The molecule has 0 spiro atoms. The number of halogens is 5. The average molecular weight is 651 g/mol. The molecule has 0 amide bonds. The van der Waals surface area contributed by atoms with Crippen LogP contribution < -0.4 is 9.47 Å². The molecule has 1 aliphatic heterocycles. The lowest BCUT2D eigenvalue weighted by Gasteiger charge is -2.43. The molecule has 2 atom stereocenters. The van der Waals surface area contributed by atoms with Gasteiger partial charge in [0.1, 0.15) is 11.5 Å². The van der Waals surface area contributed by atoms with E-state index in [-0.39, 0.29) is 11.8 Å². The standard InChI is InChI=1S/C31H41F5O3S2.C2H6/c1-29(23-10-12-24(37-2)13-11-23)22-41-28-21-25(38-3)14-15-26(28)27(29)9-7-18-39-17-5-4-6-19-40-20-8-16-30(32,33)31(34,35)36;1-2/h10-15,21,27H,4-9,16-20,22H2,1-3H3;1-2H3/t27?,29-;/m1./s1. The Morgan fingerprint density at radius 3 is 2.12 bits per heavy atom. The summed E-state index contributed by atoms with van der Waals surface area (Å²) in [4.78, 5) is 1.27. The minimum atomic E-state index is -5.46. The van der Waals surface area contributed by atoms with Crippen LogP contribution in [0.4, 0.5) is 22.0 Å². The molecule has 0 aliphatic carbocycles. The van der Waals surface area contributed by atoms with Gasteiger partial charge in [-0.25, -0.2) is 0 Å². The Morgan fingerprint density at radius 2 is 1.47 bits per heavy atom. The van der Waals surface area contributed by atoms with E-state index in [1.54, 1.807) is 14.2 Å². The van der Waals surface area contributed by atoms with Gasteiger partial charge in [0, 0.05) is 35.7 Å². The molecule has 1 aliphatic rings. The Balaban J connectivity index is 0.00000316. The van der Waals surface area contributed by atoms with Crippen LogP contribution in [-0.4, -0.2) is 56.8 Å².